The molecule has 0 aromatic heterocycles. The molecule has 1 atom stereocenters. The maximum absolute atomic E-state index is 12.9. The van der Waals surface area contributed by atoms with Crippen molar-refractivity contribution in [2.24, 2.45) is 0 Å². The van der Waals surface area contributed by atoms with Gasteiger partial charge in [0, 0.05) is 31.9 Å². The third-order valence-corrected chi connectivity index (χ3v) is 5.14. The molecule has 0 bridgehead atoms. The van der Waals surface area contributed by atoms with E-state index in [1.54, 1.807) is 0 Å². The number of carbonyl (C=O) groups is 1. The summed E-state index contributed by atoms with van der Waals surface area (Å²) in [6, 6.07) is 18.9. The van der Waals surface area contributed by atoms with Gasteiger partial charge in [-0.25, -0.2) is 0 Å². The number of rotatable bonds is 2. The Labute approximate surface area is 137 Å². The van der Waals surface area contributed by atoms with Crippen LogP contribution >= 0.6 is 0 Å². The third kappa shape index (κ3) is 2.72. The van der Waals surface area contributed by atoms with E-state index in [0.717, 1.165) is 39.0 Å². The molecule has 0 spiro atoms. The van der Waals surface area contributed by atoms with E-state index in [-0.39, 0.29) is 5.92 Å². The molecule has 118 valence electrons. The zero-order valence-electron chi connectivity index (χ0n) is 13.3. The Balaban J connectivity index is 1.42. The molecule has 1 saturated heterocycles. The molecule has 1 aliphatic carbocycles. The number of amides is 1. The Morgan fingerprint density at radius 1 is 0.870 bits per heavy atom. The summed E-state index contributed by atoms with van der Waals surface area (Å²) in [6.07, 6.45) is 2.01. The highest BCUT2D eigenvalue weighted by molar-refractivity contribution is 5.85. The molecule has 0 N–H and O–H groups in total. The van der Waals surface area contributed by atoms with Crippen LogP contribution in [0.4, 0.5) is 5.69 Å². The van der Waals surface area contributed by atoms with Crippen LogP contribution in [0.15, 0.2) is 54.6 Å². The molecule has 0 radical (unpaired) electrons. The van der Waals surface area contributed by atoms with Crippen molar-refractivity contribution >= 4 is 11.6 Å². The van der Waals surface area contributed by atoms with Gasteiger partial charge in [0.2, 0.25) is 5.91 Å². The number of anilines is 1. The van der Waals surface area contributed by atoms with E-state index in [1.807, 2.05) is 6.07 Å². The summed E-state index contributed by atoms with van der Waals surface area (Å²) in [5.74, 6) is 0.400. The largest absolute Gasteiger partial charge is 0.368 e. The predicted molar refractivity (Wildman–Crippen MR) is 92.7 cm³/mol. The van der Waals surface area contributed by atoms with Crippen molar-refractivity contribution in [1.82, 2.24) is 4.90 Å². The zero-order chi connectivity index (χ0) is 15.6. The predicted octanol–water partition coefficient (Wildman–Crippen LogP) is 3.07. The lowest BCUT2D eigenvalue weighted by Gasteiger charge is -2.37. The molecule has 2 aliphatic rings. The van der Waals surface area contributed by atoms with Gasteiger partial charge in [-0.05, 0) is 36.1 Å². The fourth-order valence-electron chi connectivity index (χ4n) is 3.86. The van der Waals surface area contributed by atoms with Gasteiger partial charge >= 0.3 is 0 Å². The lowest BCUT2D eigenvalue weighted by molar-refractivity contribution is -0.133. The molecule has 3 heteroatoms. The van der Waals surface area contributed by atoms with Gasteiger partial charge in [0.1, 0.15) is 0 Å². The van der Waals surface area contributed by atoms with Crippen molar-refractivity contribution in [3.05, 3.63) is 65.7 Å². The quantitative estimate of drug-likeness (QED) is 0.851. The summed E-state index contributed by atoms with van der Waals surface area (Å²) in [6.45, 7) is 3.49. The Morgan fingerprint density at radius 3 is 2.35 bits per heavy atom. The van der Waals surface area contributed by atoms with Crippen LogP contribution in [0.25, 0.3) is 0 Å². The van der Waals surface area contributed by atoms with E-state index in [4.69, 9.17) is 0 Å². The minimum atomic E-state index is 0.0782. The normalized spacial score (nSPS) is 20.4. The van der Waals surface area contributed by atoms with Crippen molar-refractivity contribution in [3.63, 3.8) is 0 Å². The first-order valence-electron chi connectivity index (χ1n) is 8.49. The number of piperazine rings is 1. The highest BCUT2D eigenvalue weighted by Crippen LogP contribution is 2.34. The van der Waals surface area contributed by atoms with Crippen molar-refractivity contribution in [2.75, 3.05) is 31.1 Å². The smallest absolute Gasteiger partial charge is 0.230 e. The van der Waals surface area contributed by atoms with Crippen LogP contribution in [-0.2, 0) is 11.2 Å². The third-order valence-electron chi connectivity index (χ3n) is 5.14. The van der Waals surface area contributed by atoms with Crippen LogP contribution in [-0.4, -0.2) is 37.0 Å². The van der Waals surface area contributed by atoms with Gasteiger partial charge in [-0.3, -0.25) is 4.79 Å². The molecule has 1 fully saturated rings. The van der Waals surface area contributed by atoms with E-state index in [9.17, 15) is 4.79 Å². The number of fused-ring (bicyclic) bond motifs is 1. The SMILES string of the molecule is O=C(C1CCc2ccccc21)N1CCN(c2ccccc2)CC1. The lowest BCUT2D eigenvalue weighted by atomic mass is 9.99. The minimum Gasteiger partial charge on any atom is -0.368 e. The highest BCUT2D eigenvalue weighted by Gasteiger charge is 2.32. The van der Waals surface area contributed by atoms with E-state index >= 15 is 0 Å². The molecule has 4 rings (SSSR count). The molecule has 1 heterocycles. The van der Waals surface area contributed by atoms with Crippen molar-refractivity contribution in [3.8, 4) is 0 Å². The number of nitrogens with zero attached hydrogens (tertiary/aromatic N) is 2. The first-order valence-corrected chi connectivity index (χ1v) is 8.49. The van der Waals surface area contributed by atoms with Crippen molar-refractivity contribution in [2.45, 2.75) is 18.8 Å². The Hall–Kier alpha value is -2.29. The Kier molecular flexibility index (Phi) is 3.78. The van der Waals surface area contributed by atoms with Gasteiger partial charge < -0.3 is 9.80 Å². The van der Waals surface area contributed by atoms with E-state index in [2.05, 4.69) is 58.3 Å². The first kappa shape index (κ1) is 14.3. The maximum atomic E-state index is 12.9. The first-order chi connectivity index (χ1) is 11.3. The minimum absolute atomic E-state index is 0.0782. The van der Waals surface area contributed by atoms with Gasteiger partial charge in [-0.2, -0.15) is 0 Å². The molecule has 0 saturated carbocycles. The van der Waals surface area contributed by atoms with E-state index in [0.29, 0.717) is 5.91 Å². The number of para-hydroxylation sites is 1. The van der Waals surface area contributed by atoms with Gasteiger partial charge in [-0.15, -0.1) is 0 Å². The summed E-state index contributed by atoms with van der Waals surface area (Å²) in [5, 5.41) is 0. The fraction of sp³-hybridized carbons (Fsp3) is 0.350. The molecule has 1 amide bonds. The Bertz CT molecular complexity index is 690. The van der Waals surface area contributed by atoms with Crippen LogP contribution in [0.5, 0.6) is 0 Å². The molecule has 1 aliphatic heterocycles. The van der Waals surface area contributed by atoms with Gasteiger partial charge in [0.15, 0.2) is 0 Å². The monoisotopic (exact) mass is 306 g/mol. The topological polar surface area (TPSA) is 23.6 Å². The number of aryl methyl sites for hydroxylation is 1. The molecular formula is C20H22N2O. The maximum Gasteiger partial charge on any atom is 0.230 e. The number of benzene rings is 2. The van der Waals surface area contributed by atoms with Crippen LogP contribution in [0.2, 0.25) is 0 Å². The second-order valence-corrected chi connectivity index (χ2v) is 6.44. The molecule has 3 nitrogen and oxygen atoms in total. The van der Waals surface area contributed by atoms with Crippen LogP contribution < -0.4 is 4.90 Å². The molecule has 2 aromatic carbocycles. The zero-order valence-corrected chi connectivity index (χ0v) is 13.3. The van der Waals surface area contributed by atoms with Crippen LogP contribution in [0, 0.1) is 0 Å². The fourth-order valence-corrected chi connectivity index (χ4v) is 3.86. The van der Waals surface area contributed by atoms with E-state index < -0.39 is 0 Å². The molecule has 1 unspecified atom stereocenters. The van der Waals surface area contributed by atoms with Crippen LogP contribution in [0.3, 0.4) is 0 Å². The number of hydrogen-bond donors (Lipinski definition) is 0. The molecular weight excluding hydrogens is 284 g/mol. The van der Waals surface area contributed by atoms with E-state index in [1.165, 1.54) is 16.8 Å². The molecule has 23 heavy (non-hydrogen) atoms. The second-order valence-electron chi connectivity index (χ2n) is 6.44. The van der Waals surface area contributed by atoms with Gasteiger partial charge in [-0.1, -0.05) is 42.5 Å². The Morgan fingerprint density at radius 2 is 1.57 bits per heavy atom. The van der Waals surface area contributed by atoms with Gasteiger partial charge in [0.25, 0.3) is 0 Å². The summed E-state index contributed by atoms with van der Waals surface area (Å²) in [7, 11) is 0. The van der Waals surface area contributed by atoms with Gasteiger partial charge in [0.05, 0.1) is 5.92 Å². The highest BCUT2D eigenvalue weighted by atomic mass is 16.2. The standard InChI is InChI=1S/C20H22N2O/c23-20(19-11-10-16-6-4-5-9-18(16)19)22-14-12-21(13-15-22)17-7-2-1-3-8-17/h1-9,19H,10-15H2. The van der Waals surface area contributed by atoms with Crippen molar-refractivity contribution in [1.29, 1.82) is 0 Å². The second kappa shape index (κ2) is 6.07. The average Bonchev–Trinajstić information content (AvgIpc) is 3.06. The lowest BCUT2D eigenvalue weighted by Crippen LogP contribution is -2.49. The number of carbonyl (C=O) groups excluding carboxylic acids is 1. The summed E-state index contributed by atoms with van der Waals surface area (Å²) in [5.41, 5.74) is 3.86. The number of hydrogen-bond acceptors (Lipinski definition) is 2. The summed E-state index contributed by atoms with van der Waals surface area (Å²) >= 11 is 0. The van der Waals surface area contributed by atoms with Crippen LogP contribution in [0.1, 0.15) is 23.5 Å². The van der Waals surface area contributed by atoms with Crippen molar-refractivity contribution < 1.29 is 4.79 Å². The molecule has 2 aromatic rings. The summed E-state index contributed by atoms with van der Waals surface area (Å²) < 4.78 is 0. The summed E-state index contributed by atoms with van der Waals surface area (Å²) in [4.78, 5) is 17.3. The average molecular weight is 306 g/mol.